The summed E-state index contributed by atoms with van der Waals surface area (Å²) in [7, 11) is 0. The molecule has 0 fully saturated rings. The van der Waals surface area contributed by atoms with E-state index in [1.54, 1.807) is 0 Å². The zero-order chi connectivity index (χ0) is 13.5. The van der Waals surface area contributed by atoms with Crippen molar-refractivity contribution in [2.24, 2.45) is 5.73 Å². The van der Waals surface area contributed by atoms with Gasteiger partial charge < -0.3 is 16.0 Å². The van der Waals surface area contributed by atoms with E-state index in [1.165, 1.54) is 0 Å². The number of carbonyl (C=O) groups excluding carboxylic acids is 1. The number of primary amides is 1. The first-order valence-electron chi connectivity index (χ1n) is 6.66. The molecule has 0 aromatic rings. The Balaban J connectivity index is 4.19. The minimum atomic E-state index is -0.564. The topological polar surface area (TPSA) is 58.4 Å². The Bertz CT molecular complexity index is 231. The van der Waals surface area contributed by atoms with Crippen molar-refractivity contribution < 1.29 is 4.79 Å². The van der Waals surface area contributed by atoms with E-state index in [4.69, 9.17) is 5.73 Å². The number of nitrogens with zero attached hydrogens (tertiary/aromatic N) is 1. The third-order valence-electron chi connectivity index (χ3n) is 3.37. The molecule has 0 aromatic carbocycles. The van der Waals surface area contributed by atoms with Gasteiger partial charge in [-0.05, 0) is 53.2 Å². The molecule has 1 atom stereocenters. The van der Waals surface area contributed by atoms with E-state index in [1.807, 2.05) is 13.8 Å². The van der Waals surface area contributed by atoms with Crippen LogP contribution in [0.3, 0.4) is 0 Å². The highest BCUT2D eigenvalue weighted by Crippen LogP contribution is 2.13. The second kappa shape index (κ2) is 7.67. The highest BCUT2D eigenvalue weighted by molar-refractivity contribution is 5.84. The molecule has 1 amide bonds. The predicted octanol–water partition coefficient (Wildman–Crippen LogP) is 1.35. The molecule has 0 aromatic heterocycles. The van der Waals surface area contributed by atoms with Crippen LogP contribution in [0.1, 0.15) is 47.5 Å². The van der Waals surface area contributed by atoms with E-state index in [0.717, 1.165) is 32.5 Å². The molecule has 4 nitrogen and oxygen atoms in total. The second-order valence-electron chi connectivity index (χ2n) is 5.05. The van der Waals surface area contributed by atoms with E-state index in [0.29, 0.717) is 6.04 Å². The van der Waals surface area contributed by atoms with Crippen LogP contribution in [0.15, 0.2) is 0 Å². The first-order chi connectivity index (χ1) is 7.87. The average molecular weight is 243 g/mol. The fourth-order valence-corrected chi connectivity index (χ4v) is 2.11. The van der Waals surface area contributed by atoms with Gasteiger partial charge in [0.1, 0.15) is 0 Å². The Hall–Kier alpha value is -0.610. The number of hydrogen-bond acceptors (Lipinski definition) is 3. The quantitative estimate of drug-likeness (QED) is 0.643. The minimum absolute atomic E-state index is 0.257. The molecule has 0 aliphatic heterocycles. The van der Waals surface area contributed by atoms with Crippen LogP contribution in [0.25, 0.3) is 0 Å². The van der Waals surface area contributed by atoms with Crippen LogP contribution in [-0.4, -0.2) is 42.0 Å². The normalized spacial score (nSPS) is 15.2. The Morgan fingerprint density at radius 3 is 2.35 bits per heavy atom. The summed E-state index contributed by atoms with van der Waals surface area (Å²) in [6.45, 7) is 13.3. The summed E-state index contributed by atoms with van der Waals surface area (Å²) in [5.74, 6) is -0.257. The third-order valence-corrected chi connectivity index (χ3v) is 3.37. The summed E-state index contributed by atoms with van der Waals surface area (Å²) >= 11 is 0. The van der Waals surface area contributed by atoms with Crippen molar-refractivity contribution in [3.8, 4) is 0 Å². The number of carbonyl (C=O) groups is 1. The lowest BCUT2D eigenvalue weighted by molar-refractivity contribution is -0.124. The van der Waals surface area contributed by atoms with Gasteiger partial charge in [0.05, 0.1) is 5.54 Å². The molecule has 1 unspecified atom stereocenters. The molecule has 0 aliphatic carbocycles. The Kier molecular flexibility index (Phi) is 7.39. The van der Waals surface area contributed by atoms with Gasteiger partial charge in [-0.1, -0.05) is 13.8 Å². The van der Waals surface area contributed by atoms with E-state index < -0.39 is 5.54 Å². The van der Waals surface area contributed by atoms with Gasteiger partial charge >= 0.3 is 0 Å². The Labute approximate surface area is 106 Å². The molecule has 0 rings (SSSR count). The number of amides is 1. The van der Waals surface area contributed by atoms with Crippen LogP contribution in [-0.2, 0) is 4.79 Å². The lowest BCUT2D eigenvalue weighted by Gasteiger charge is -2.30. The van der Waals surface area contributed by atoms with E-state index in [9.17, 15) is 4.79 Å². The summed E-state index contributed by atoms with van der Waals surface area (Å²) in [5, 5.41) is 3.19. The largest absolute Gasteiger partial charge is 0.368 e. The summed E-state index contributed by atoms with van der Waals surface area (Å²) in [5.41, 5.74) is 4.89. The lowest BCUT2D eigenvalue weighted by atomic mass is 9.94. The van der Waals surface area contributed by atoms with Crippen molar-refractivity contribution >= 4 is 5.91 Å². The molecule has 0 bridgehead atoms. The number of likely N-dealkylation sites (N-methyl/N-ethyl adjacent to an activating group) is 1. The van der Waals surface area contributed by atoms with Crippen molar-refractivity contribution in [1.29, 1.82) is 0 Å². The maximum absolute atomic E-state index is 11.4. The van der Waals surface area contributed by atoms with Crippen LogP contribution in [0.4, 0.5) is 0 Å². The maximum Gasteiger partial charge on any atom is 0.237 e. The van der Waals surface area contributed by atoms with Crippen molar-refractivity contribution in [3.05, 3.63) is 0 Å². The molecular weight excluding hydrogens is 214 g/mol. The Morgan fingerprint density at radius 2 is 2.00 bits per heavy atom. The summed E-state index contributed by atoms with van der Waals surface area (Å²) in [6, 6.07) is 0.555. The molecule has 0 saturated carbocycles. The minimum Gasteiger partial charge on any atom is -0.368 e. The molecule has 0 saturated heterocycles. The predicted molar refractivity (Wildman–Crippen MR) is 72.9 cm³/mol. The van der Waals surface area contributed by atoms with E-state index in [-0.39, 0.29) is 5.91 Å². The van der Waals surface area contributed by atoms with Gasteiger partial charge in [-0.3, -0.25) is 4.79 Å². The van der Waals surface area contributed by atoms with Crippen LogP contribution >= 0.6 is 0 Å². The molecule has 3 N–H and O–H groups in total. The Morgan fingerprint density at radius 1 is 1.41 bits per heavy atom. The van der Waals surface area contributed by atoms with Crippen molar-refractivity contribution in [3.63, 3.8) is 0 Å². The van der Waals surface area contributed by atoms with Gasteiger partial charge in [0.15, 0.2) is 0 Å². The van der Waals surface area contributed by atoms with E-state index in [2.05, 4.69) is 31.0 Å². The zero-order valence-corrected chi connectivity index (χ0v) is 12.0. The second-order valence-corrected chi connectivity index (χ2v) is 5.05. The average Bonchev–Trinajstić information content (AvgIpc) is 2.24. The SMILES string of the molecule is CCNC(C)(CCCN(CC)C(C)C)C(N)=O. The zero-order valence-electron chi connectivity index (χ0n) is 12.0. The van der Waals surface area contributed by atoms with Gasteiger partial charge in [-0.15, -0.1) is 0 Å². The summed E-state index contributed by atoms with van der Waals surface area (Å²) < 4.78 is 0. The molecule has 0 spiro atoms. The monoisotopic (exact) mass is 243 g/mol. The summed E-state index contributed by atoms with van der Waals surface area (Å²) in [6.07, 6.45) is 1.78. The molecular formula is C13H29N3O. The number of rotatable bonds is 9. The van der Waals surface area contributed by atoms with Crippen LogP contribution < -0.4 is 11.1 Å². The van der Waals surface area contributed by atoms with Crippen LogP contribution in [0.5, 0.6) is 0 Å². The first kappa shape index (κ1) is 16.4. The van der Waals surface area contributed by atoms with Gasteiger partial charge in [-0.25, -0.2) is 0 Å². The smallest absolute Gasteiger partial charge is 0.237 e. The molecule has 0 heterocycles. The fourth-order valence-electron chi connectivity index (χ4n) is 2.11. The number of nitrogens with two attached hydrogens (primary N) is 1. The standard InChI is InChI=1S/C13H29N3O/c1-6-15-13(5,12(14)17)9-8-10-16(7-2)11(3)4/h11,15H,6-10H2,1-5H3,(H2,14,17). The third kappa shape index (κ3) is 5.50. The van der Waals surface area contributed by atoms with Gasteiger partial charge in [0, 0.05) is 6.04 Å². The maximum atomic E-state index is 11.4. The molecule has 17 heavy (non-hydrogen) atoms. The van der Waals surface area contributed by atoms with Gasteiger partial charge in [-0.2, -0.15) is 0 Å². The van der Waals surface area contributed by atoms with Crippen molar-refractivity contribution in [1.82, 2.24) is 10.2 Å². The van der Waals surface area contributed by atoms with Crippen LogP contribution in [0.2, 0.25) is 0 Å². The van der Waals surface area contributed by atoms with E-state index >= 15 is 0 Å². The summed E-state index contributed by atoms with van der Waals surface area (Å²) in [4.78, 5) is 13.8. The van der Waals surface area contributed by atoms with Gasteiger partial charge in [0.25, 0.3) is 0 Å². The molecule has 0 aliphatic rings. The number of hydrogen-bond donors (Lipinski definition) is 2. The van der Waals surface area contributed by atoms with Gasteiger partial charge in [0.2, 0.25) is 5.91 Å². The van der Waals surface area contributed by atoms with Crippen molar-refractivity contribution in [2.45, 2.75) is 59.0 Å². The van der Waals surface area contributed by atoms with Crippen LogP contribution in [0, 0.1) is 0 Å². The molecule has 102 valence electrons. The number of nitrogens with one attached hydrogen (secondary N) is 1. The lowest BCUT2D eigenvalue weighted by Crippen LogP contribution is -2.53. The molecule has 4 heteroatoms. The van der Waals surface area contributed by atoms with Crippen molar-refractivity contribution in [2.75, 3.05) is 19.6 Å². The first-order valence-corrected chi connectivity index (χ1v) is 6.66. The molecule has 0 radical (unpaired) electrons. The highest BCUT2D eigenvalue weighted by atomic mass is 16.1. The highest BCUT2D eigenvalue weighted by Gasteiger charge is 2.29. The fraction of sp³-hybridized carbons (Fsp3) is 0.923.